The van der Waals surface area contributed by atoms with E-state index in [4.69, 9.17) is 0 Å². The van der Waals surface area contributed by atoms with Crippen molar-refractivity contribution >= 4 is 28.8 Å². The van der Waals surface area contributed by atoms with Gasteiger partial charge in [0.2, 0.25) is 11.8 Å². The molecule has 0 spiro atoms. The molecule has 0 unspecified atom stereocenters. The second-order valence-corrected chi connectivity index (χ2v) is 8.19. The number of nitrogens with one attached hydrogen (secondary N) is 1. The molecule has 2 amide bonds. The maximum Gasteiger partial charge on any atom is 0.243 e. The molecule has 0 aliphatic heterocycles. The van der Waals surface area contributed by atoms with Crippen molar-refractivity contribution in [2.45, 2.75) is 40.3 Å². The topological polar surface area (TPSA) is 52.7 Å². The minimum atomic E-state index is -0.195. The molecule has 1 N–H and O–H groups in total. The molecule has 1 heterocycles. The number of carbonyl (C=O) groups is 2. The fraction of sp³-hybridized carbons (Fsp3) is 0.429. The van der Waals surface area contributed by atoms with Crippen LogP contribution in [0.3, 0.4) is 0 Å². The van der Waals surface area contributed by atoms with Crippen molar-refractivity contribution in [3.05, 3.63) is 51.7 Å². The number of benzene rings is 1. The summed E-state index contributed by atoms with van der Waals surface area (Å²) in [5, 5.41) is 4.91. The zero-order chi connectivity index (χ0) is 20.0. The molecule has 1 aromatic heterocycles. The number of amides is 2. The molecule has 2 aromatic rings. The maximum atomic E-state index is 12.6. The molecule has 0 bridgehead atoms. The number of anilines is 1. The molecular weight excluding hydrogens is 358 g/mol. The second-order valence-electron chi connectivity index (χ2n) is 7.19. The lowest BCUT2D eigenvalue weighted by molar-refractivity contribution is -0.134. The summed E-state index contributed by atoms with van der Waals surface area (Å²) in [5.74, 6) is -0.253. The molecule has 2 rings (SSSR count). The molecular formula is C21H29N3O2S. The number of hydrogen-bond donors (Lipinski definition) is 1. The van der Waals surface area contributed by atoms with Gasteiger partial charge in [0.05, 0.1) is 13.1 Å². The van der Waals surface area contributed by atoms with Crippen LogP contribution in [-0.4, -0.2) is 47.8 Å². The van der Waals surface area contributed by atoms with Gasteiger partial charge in [0.15, 0.2) is 0 Å². The Hall–Kier alpha value is -2.18. The van der Waals surface area contributed by atoms with E-state index in [2.05, 4.69) is 42.4 Å². The number of aryl methyl sites for hydroxylation is 2. The van der Waals surface area contributed by atoms with Gasteiger partial charge in [0.25, 0.3) is 0 Å². The highest BCUT2D eigenvalue weighted by Crippen LogP contribution is 2.19. The predicted octanol–water partition coefficient (Wildman–Crippen LogP) is 3.67. The predicted molar refractivity (Wildman–Crippen MR) is 112 cm³/mol. The largest absolute Gasteiger partial charge is 0.335 e. The van der Waals surface area contributed by atoms with Gasteiger partial charge in [-0.05, 0) is 56.8 Å². The quantitative estimate of drug-likeness (QED) is 0.752. The number of rotatable bonds is 8. The summed E-state index contributed by atoms with van der Waals surface area (Å²) in [6, 6.07) is 9.94. The number of thiophene rings is 1. The third-order valence-corrected chi connectivity index (χ3v) is 5.53. The Morgan fingerprint density at radius 2 is 1.74 bits per heavy atom. The van der Waals surface area contributed by atoms with Crippen molar-refractivity contribution in [2.24, 2.45) is 0 Å². The minimum absolute atomic E-state index is 0.0384. The second kappa shape index (κ2) is 9.67. The van der Waals surface area contributed by atoms with E-state index in [1.54, 1.807) is 18.4 Å². The lowest BCUT2D eigenvalue weighted by atomic mass is 10.2. The van der Waals surface area contributed by atoms with E-state index in [0.717, 1.165) is 17.8 Å². The first-order valence-corrected chi connectivity index (χ1v) is 10.0. The molecule has 1 aromatic carbocycles. The molecule has 6 heteroatoms. The van der Waals surface area contributed by atoms with Gasteiger partial charge in [0, 0.05) is 30.2 Å². The summed E-state index contributed by atoms with van der Waals surface area (Å²) in [7, 11) is 1.67. The van der Waals surface area contributed by atoms with Gasteiger partial charge < -0.3 is 10.2 Å². The van der Waals surface area contributed by atoms with Crippen LogP contribution in [0, 0.1) is 13.8 Å². The lowest BCUT2D eigenvalue weighted by Gasteiger charge is -2.28. The van der Waals surface area contributed by atoms with Crippen LogP contribution in [0.2, 0.25) is 0 Å². The highest BCUT2D eigenvalue weighted by Gasteiger charge is 2.20. The number of nitrogens with zero attached hydrogens (tertiary/aromatic N) is 2. The van der Waals surface area contributed by atoms with Crippen LogP contribution in [0.25, 0.3) is 0 Å². The standard InChI is InChI=1S/C21H29N3O2S/c1-15(2)24(12-19-17(4)10-11-27-19)14-21(26)23(5)13-20(25)22-18-8-6-16(3)7-9-18/h6-11,15H,12-14H2,1-5H3,(H,22,25). The van der Waals surface area contributed by atoms with Crippen LogP contribution in [0.15, 0.2) is 35.7 Å². The lowest BCUT2D eigenvalue weighted by Crippen LogP contribution is -2.43. The molecule has 0 radical (unpaired) electrons. The van der Waals surface area contributed by atoms with Crippen LogP contribution in [-0.2, 0) is 16.1 Å². The first-order chi connectivity index (χ1) is 12.8. The Labute approximate surface area is 166 Å². The number of likely N-dealkylation sites (N-methyl/N-ethyl adjacent to an activating group) is 1. The molecule has 146 valence electrons. The average Bonchev–Trinajstić information content (AvgIpc) is 3.01. The van der Waals surface area contributed by atoms with Crippen LogP contribution in [0.4, 0.5) is 5.69 Å². The van der Waals surface area contributed by atoms with E-state index in [1.165, 1.54) is 15.3 Å². The van der Waals surface area contributed by atoms with Crippen molar-refractivity contribution in [1.82, 2.24) is 9.80 Å². The summed E-state index contributed by atoms with van der Waals surface area (Å²) in [5.41, 5.74) is 3.13. The summed E-state index contributed by atoms with van der Waals surface area (Å²) in [6.07, 6.45) is 0. The molecule has 0 atom stereocenters. The van der Waals surface area contributed by atoms with Gasteiger partial charge in [-0.3, -0.25) is 14.5 Å². The van der Waals surface area contributed by atoms with Crippen molar-refractivity contribution in [1.29, 1.82) is 0 Å². The van der Waals surface area contributed by atoms with Crippen LogP contribution >= 0.6 is 11.3 Å². The van der Waals surface area contributed by atoms with Crippen molar-refractivity contribution in [3.8, 4) is 0 Å². The van der Waals surface area contributed by atoms with Gasteiger partial charge in [-0.15, -0.1) is 11.3 Å². The van der Waals surface area contributed by atoms with Crippen molar-refractivity contribution in [2.75, 3.05) is 25.5 Å². The Bertz CT molecular complexity index is 768. The SMILES string of the molecule is Cc1ccc(NC(=O)CN(C)C(=O)CN(Cc2sccc2C)C(C)C)cc1. The van der Waals surface area contributed by atoms with Crippen molar-refractivity contribution in [3.63, 3.8) is 0 Å². The smallest absolute Gasteiger partial charge is 0.243 e. The van der Waals surface area contributed by atoms with Crippen LogP contribution in [0.1, 0.15) is 29.9 Å². The van der Waals surface area contributed by atoms with E-state index >= 15 is 0 Å². The fourth-order valence-electron chi connectivity index (χ4n) is 2.61. The number of carbonyl (C=O) groups excluding carboxylic acids is 2. The monoisotopic (exact) mass is 387 g/mol. The van der Waals surface area contributed by atoms with Gasteiger partial charge in [-0.2, -0.15) is 0 Å². The van der Waals surface area contributed by atoms with Crippen LogP contribution in [0.5, 0.6) is 0 Å². The van der Waals surface area contributed by atoms with Crippen molar-refractivity contribution < 1.29 is 9.59 Å². The van der Waals surface area contributed by atoms with E-state index in [1.807, 2.05) is 31.2 Å². The van der Waals surface area contributed by atoms with Gasteiger partial charge >= 0.3 is 0 Å². The first-order valence-electron chi connectivity index (χ1n) is 9.13. The molecule has 5 nitrogen and oxygen atoms in total. The Balaban J connectivity index is 1.89. The van der Waals surface area contributed by atoms with Crippen LogP contribution < -0.4 is 5.32 Å². The molecule has 0 saturated heterocycles. The molecule has 0 aliphatic carbocycles. The summed E-state index contributed by atoms with van der Waals surface area (Å²) >= 11 is 1.71. The zero-order valence-corrected chi connectivity index (χ0v) is 17.6. The highest BCUT2D eigenvalue weighted by molar-refractivity contribution is 7.10. The maximum absolute atomic E-state index is 12.6. The summed E-state index contributed by atoms with van der Waals surface area (Å²) in [6.45, 7) is 9.33. The van der Waals surface area contributed by atoms with E-state index < -0.39 is 0 Å². The van der Waals surface area contributed by atoms with Gasteiger partial charge in [-0.1, -0.05) is 17.7 Å². The number of hydrogen-bond acceptors (Lipinski definition) is 4. The molecule has 0 fully saturated rings. The van der Waals surface area contributed by atoms with Gasteiger partial charge in [0.1, 0.15) is 0 Å². The summed E-state index contributed by atoms with van der Waals surface area (Å²) < 4.78 is 0. The van der Waals surface area contributed by atoms with E-state index in [0.29, 0.717) is 6.54 Å². The Kier molecular flexibility index (Phi) is 7.56. The molecule has 0 saturated carbocycles. The normalized spacial score (nSPS) is 11.1. The van der Waals surface area contributed by atoms with E-state index in [9.17, 15) is 9.59 Å². The highest BCUT2D eigenvalue weighted by atomic mass is 32.1. The van der Waals surface area contributed by atoms with Gasteiger partial charge in [-0.25, -0.2) is 0 Å². The van der Waals surface area contributed by atoms with E-state index in [-0.39, 0.29) is 24.4 Å². The fourth-order valence-corrected chi connectivity index (χ4v) is 3.54. The summed E-state index contributed by atoms with van der Waals surface area (Å²) in [4.78, 5) is 29.7. The first kappa shape index (κ1) is 21.1. The molecule has 27 heavy (non-hydrogen) atoms. The third-order valence-electron chi connectivity index (χ3n) is 4.53. The average molecular weight is 388 g/mol. The Morgan fingerprint density at radius 1 is 1.07 bits per heavy atom. The zero-order valence-electron chi connectivity index (χ0n) is 16.8. The third kappa shape index (κ3) is 6.48. The minimum Gasteiger partial charge on any atom is -0.335 e. The Morgan fingerprint density at radius 3 is 2.30 bits per heavy atom. The molecule has 0 aliphatic rings.